The van der Waals surface area contributed by atoms with Gasteiger partial charge in [-0.25, -0.2) is 9.78 Å². The predicted molar refractivity (Wildman–Crippen MR) is 211 cm³/mol. The van der Waals surface area contributed by atoms with E-state index in [-0.39, 0.29) is 54.6 Å². The van der Waals surface area contributed by atoms with Crippen LogP contribution in [0.25, 0.3) is 11.3 Å². The van der Waals surface area contributed by atoms with Crippen molar-refractivity contribution in [3.63, 3.8) is 0 Å². The van der Waals surface area contributed by atoms with E-state index in [0.717, 1.165) is 54.1 Å². The van der Waals surface area contributed by atoms with Crippen molar-refractivity contribution >= 4 is 23.3 Å². The van der Waals surface area contributed by atoms with Crippen molar-refractivity contribution in [1.29, 1.82) is 0 Å². The molecule has 3 aromatic rings. The van der Waals surface area contributed by atoms with Crippen molar-refractivity contribution in [3.05, 3.63) is 100 Å². The first-order valence-corrected chi connectivity index (χ1v) is 19.0. The van der Waals surface area contributed by atoms with Crippen molar-refractivity contribution in [2.24, 2.45) is 10.4 Å². The Morgan fingerprint density at radius 3 is 2.38 bits per heavy atom. The fourth-order valence-electron chi connectivity index (χ4n) is 7.20. The van der Waals surface area contributed by atoms with Gasteiger partial charge in [0.2, 0.25) is 11.6 Å². The third kappa shape index (κ3) is 9.91. The number of allylic oxidation sites excluding steroid dienone is 5. The van der Waals surface area contributed by atoms with E-state index in [4.69, 9.17) is 9.73 Å². The molecule has 1 aromatic heterocycles. The van der Waals surface area contributed by atoms with E-state index in [1.165, 1.54) is 18.2 Å². The quantitative estimate of drug-likeness (QED) is 0.0467. The molecule has 0 amide bonds. The van der Waals surface area contributed by atoms with Crippen LogP contribution in [0.2, 0.25) is 0 Å². The highest BCUT2D eigenvalue weighted by Crippen LogP contribution is 2.62. The minimum atomic E-state index is -4.28. The number of nitrogens with one attached hydrogen (secondary N) is 2. The molecule has 2 aromatic carbocycles. The molecule has 5 N–H and O–H groups in total. The molecular weight excluding hydrogens is 725 g/mol. The van der Waals surface area contributed by atoms with E-state index in [2.05, 4.69) is 20.7 Å². The number of alkyl halides is 3. The number of nitrogens with zero attached hydrogens (tertiary/aromatic N) is 4. The topological polar surface area (TPSA) is 149 Å². The Balaban J connectivity index is 1.38. The lowest BCUT2D eigenvalue weighted by atomic mass is 9.93. The normalized spacial score (nSPS) is 19.7. The van der Waals surface area contributed by atoms with Crippen LogP contribution in [0.3, 0.4) is 0 Å². The van der Waals surface area contributed by atoms with Crippen molar-refractivity contribution in [2.75, 3.05) is 12.0 Å². The van der Waals surface area contributed by atoms with Gasteiger partial charge < -0.3 is 15.2 Å². The van der Waals surface area contributed by atoms with Crippen LogP contribution in [-0.4, -0.2) is 62.0 Å². The summed E-state index contributed by atoms with van der Waals surface area (Å²) in [5, 5.41) is 35.1. The number of rotatable bonds is 14. The van der Waals surface area contributed by atoms with Gasteiger partial charge in [-0.15, -0.1) is 15.8 Å². The van der Waals surface area contributed by atoms with Gasteiger partial charge in [0.1, 0.15) is 6.61 Å². The highest BCUT2D eigenvalue weighted by atomic mass is 19.4. The summed E-state index contributed by atoms with van der Waals surface area (Å²) < 4.78 is 48.0. The van der Waals surface area contributed by atoms with Gasteiger partial charge in [0.05, 0.1) is 27.3 Å². The number of carboxylic acid groups (broad SMARTS) is 1. The number of hydrogen-bond acceptors (Lipinski definition) is 9. The molecule has 14 heteroatoms. The number of aromatic carboxylic acids is 1. The van der Waals surface area contributed by atoms with Crippen molar-refractivity contribution in [3.8, 4) is 17.1 Å². The Hall–Kier alpha value is -4.89. The van der Waals surface area contributed by atoms with Gasteiger partial charge in [-0.05, 0) is 89.5 Å². The van der Waals surface area contributed by atoms with Crippen LogP contribution in [-0.2, 0) is 0 Å². The van der Waals surface area contributed by atoms with Crippen LogP contribution in [0.15, 0.2) is 88.6 Å². The fraction of sp³-hybridized carbons (Fsp3) is 0.429. The minimum absolute atomic E-state index is 0.107. The zero-order valence-corrected chi connectivity index (χ0v) is 32.7. The molecule has 2 heterocycles. The Labute approximate surface area is 325 Å². The van der Waals surface area contributed by atoms with E-state index in [0.29, 0.717) is 29.0 Å². The molecule has 300 valence electrons. The van der Waals surface area contributed by atoms with Crippen LogP contribution in [0.5, 0.6) is 5.88 Å². The number of carbonyl (C=O) groups is 1. The third-order valence-electron chi connectivity index (χ3n) is 10.5. The lowest BCUT2D eigenvalue weighted by Crippen LogP contribution is -2.48. The highest BCUT2D eigenvalue weighted by Gasteiger charge is 2.64. The average Bonchev–Trinajstić information content (AvgIpc) is 3.99. The van der Waals surface area contributed by atoms with Crippen LogP contribution < -0.4 is 20.4 Å². The molecule has 0 spiro atoms. The van der Waals surface area contributed by atoms with Crippen molar-refractivity contribution in [1.82, 2.24) is 20.2 Å². The van der Waals surface area contributed by atoms with E-state index >= 15 is 0 Å². The monoisotopic (exact) mass is 777 g/mol. The van der Waals surface area contributed by atoms with Gasteiger partial charge in [-0.2, -0.15) is 18.2 Å². The van der Waals surface area contributed by atoms with Gasteiger partial charge in [0.15, 0.2) is 0 Å². The highest BCUT2D eigenvalue weighted by molar-refractivity contribution is 6.01. The molecule has 11 nitrogen and oxygen atoms in total. The summed E-state index contributed by atoms with van der Waals surface area (Å²) in [6.07, 6.45) is 5.53. The van der Waals surface area contributed by atoms with Gasteiger partial charge in [-0.1, -0.05) is 67.8 Å². The van der Waals surface area contributed by atoms with E-state index < -0.39 is 22.5 Å². The SMILES string of the molecule is C\C=C(/N=C(C)\C(=C/CC)\C=C(/C)C1(C(F)(F)F)CC1)C1CCCCC(COc2cc(-c3c(C)cccc3C)nc(N[N+](O)(O)c3cccc(C(=O)O)c3)n2)N1. The molecule has 1 saturated carbocycles. The van der Waals surface area contributed by atoms with Gasteiger partial charge >= 0.3 is 12.1 Å². The predicted octanol–water partition coefficient (Wildman–Crippen LogP) is 9.84. The summed E-state index contributed by atoms with van der Waals surface area (Å²) in [5.41, 5.74) is 6.00. The Kier molecular flexibility index (Phi) is 13.2. The molecule has 1 aliphatic heterocycles. The second kappa shape index (κ2) is 17.5. The number of aromatic nitrogens is 2. The van der Waals surface area contributed by atoms with Gasteiger partial charge in [0, 0.05) is 41.6 Å². The molecule has 0 radical (unpaired) electrons. The first-order valence-electron chi connectivity index (χ1n) is 19.0. The van der Waals surface area contributed by atoms with Gasteiger partial charge in [0.25, 0.3) is 5.95 Å². The standard InChI is InChI=1S/C42H51F3N6O5/c1-7-13-30(22-28(5)41(20-21-41)42(43,44)45)29(6)46-34(8-2)35-19-10-9-17-32(47-35)25-56-37-24-36(38-26(3)14-11-15-27(38)4)48-40(49-37)50-51(54,55)33-18-12-16-31(23-33)39(52)53/h8,11-16,18,22-24,32,35,47,54-55H,7,9-10,17,19-21,25H2,1-6H3,(H-,48,49,50,52,53)/p+1/b28-22+,30-13-,34-8-,46-29-. The molecule has 2 fully saturated rings. The molecule has 56 heavy (non-hydrogen) atoms. The summed E-state index contributed by atoms with van der Waals surface area (Å²) in [5.74, 6) is -1.24. The summed E-state index contributed by atoms with van der Waals surface area (Å²) >= 11 is 0. The second-order valence-electron chi connectivity index (χ2n) is 14.6. The third-order valence-corrected chi connectivity index (χ3v) is 10.5. The van der Waals surface area contributed by atoms with E-state index in [9.17, 15) is 33.5 Å². The number of halogens is 3. The molecule has 2 atom stereocenters. The molecule has 2 aliphatic rings. The Morgan fingerprint density at radius 1 is 1.07 bits per heavy atom. The summed E-state index contributed by atoms with van der Waals surface area (Å²) in [6.45, 7) is 11.3. The second-order valence-corrected chi connectivity index (χ2v) is 14.6. The fourth-order valence-corrected chi connectivity index (χ4v) is 7.20. The van der Waals surface area contributed by atoms with Crippen molar-refractivity contribution < 1.29 is 38.2 Å². The average molecular weight is 778 g/mol. The number of quaternary nitrogens is 1. The molecule has 0 bridgehead atoms. The first kappa shape index (κ1) is 42.3. The summed E-state index contributed by atoms with van der Waals surface area (Å²) in [6, 6.07) is 12.4. The van der Waals surface area contributed by atoms with Crippen LogP contribution in [0.4, 0.5) is 24.8 Å². The van der Waals surface area contributed by atoms with Crippen LogP contribution in [0.1, 0.15) is 94.1 Å². The van der Waals surface area contributed by atoms with Crippen LogP contribution >= 0.6 is 0 Å². The Bertz CT molecular complexity index is 2020. The number of carboxylic acids is 1. The van der Waals surface area contributed by atoms with Crippen molar-refractivity contribution in [2.45, 2.75) is 105 Å². The zero-order chi connectivity index (χ0) is 40.8. The van der Waals surface area contributed by atoms with E-state index in [1.54, 1.807) is 19.1 Å². The summed E-state index contributed by atoms with van der Waals surface area (Å²) in [4.78, 5) is 23.7. The zero-order valence-electron chi connectivity index (χ0n) is 32.7. The number of ether oxygens (including phenoxy) is 1. The molecular formula is C42H52F3N6O5+. The number of aliphatic imine (C=N–C) groups is 1. The number of aryl methyl sites for hydroxylation is 2. The number of hydrogen-bond donors (Lipinski definition) is 5. The maximum Gasteiger partial charge on any atom is 0.398 e. The first-order chi connectivity index (χ1) is 26.5. The molecule has 5 rings (SSSR count). The maximum absolute atomic E-state index is 13.9. The van der Waals surface area contributed by atoms with Crippen LogP contribution in [0, 0.1) is 19.3 Å². The van der Waals surface area contributed by atoms with E-state index in [1.807, 2.05) is 65.0 Å². The lowest BCUT2D eigenvalue weighted by Gasteiger charge is -2.24. The molecule has 1 aliphatic carbocycles. The maximum atomic E-state index is 13.9. The number of benzene rings is 2. The molecule has 1 saturated heterocycles. The number of anilines is 1. The smallest absolute Gasteiger partial charge is 0.398 e. The molecule has 2 unspecified atom stereocenters. The largest absolute Gasteiger partial charge is 0.478 e. The Morgan fingerprint density at radius 2 is 1.75 bits per heavy atom. The van der Waals surface area contributed by atoms with Gasteiger partial charge in [-0.3, -0.25) is 4.99 Å². The lowest BCUT2D eigenvalue weighted by molar-refractivity contribution is -0.273. The minimum Gasteiger partial charge on any atom is -0.478 e. The summed E-state index contributed by atoms with van der Waals surface area (Å²) in [7, 11) is 0.